The van der Waals surface area contributed by atoms with Crippen LogP contribution in [0.25, 0.3) is 11.1 Å². The van der Waals surface area contributed by atoms with E-state index in [2.05, 4.69) is 189 Å². The molecule has 2 aromatic heterocycles. The third-order valence-electron chi connectivity index (χ3n) is 10.3. The van der Waals surface area contributed by atoms with Gasteiger partial charge in [0.15, 0.2) is 0 Å². The van der Waals surface area contributed by atoms with Crippen molar-refractivity contribution >= 4 is 69.0 Å². The molecule has 60 heavy (non-hydrogen) atoms. The molecule has 0 radical (unpaired) electrons. The van der Waals surface area contributed by atoms with Crippen LogP contribution in [0.5, 0.6) is 0 Å². The Balaban J connectivity index is 1.22. The summed E-state index contributed by atoms with van der Waals surface area (Å²) in [4.78, 5) is 9.14. The standard InChI is InChI=1S/C53H53N2O2PS2/c1-7-9-11-22-34-54(44-24-16-13-17-25-44)42(5)32-30-40(3)49-38-47-51(59-49)53(56-36-37-57-53)52-48(58(47)46-28-20-15-21-29-46)39-50(60-52)41(4)31-33-43(6)55(35-23-12-10-8-2)45-26-18-14-19-27-45/h7-33,38-39H,3,5,34-37H2,1-2,4,6H3/b9-7-,10-8-,22-11-,23-12-,32-30-,41-31+,43-33+. The van der Waals surface area contributed by atoms with Crippen LogP contribution in [0.1, 0.15) is 47.2 Å². The van der Waals surface area contributed by atoms with Crippen molar-refractivity contribution in [1.29, 1.82) is 0 Å². The van der Waals surface area contributed by atoms with Gasteiger partial charge in [0, 0.05) is 56.2 Å². The second-order valence-electron chi connectivity index (χ2n) is 14.4. The molecule has 0 bridgehead atoms. The lowest BCUT2D eigenvalue weighted by atomic mass is 10.1. The lowest BCUT2D eigenvalue weighted by molar-refractivity contribution is -0.123. The van der Waals surface area contributed by atoms with Gasteiger partial charge in [-0.15, -0.1) is 22.7 Å². The van der Waals surface area contributed by atoms with Gasteiger partial charge in [0.05, 0.1) is 23.0 Å². The molecule has 304 valence electrons. The Morgan fingerprint density at radius 3 is 1.77 bits per heavy atom. The molecule has 3 aromatic carbocycles. The van der Waals surface area contributed by atoms with E-state index in [-0.39, 0.29) is 0 Å². The highest BCUT2D eigenvalue weighted by Gasteiger charge is 2.52. The molecular formula is C53H53N2O2PS2. The van der Waals surface area contributed by atoms with E-state index in [9.17, 15) is 0 Å². The van der Waals surface area contributed by atoms with Crippen molar-refractivity contribution in [2.75, 3.05) is 36.1 Å². The molecule has 7 rings (SSSR count). The SMILES string of the molecule is C=C(/C=C\C(=C)N(C/C=C\C=C/C)c1ccccc1)c1cc2c(s1)C1(OCCO1)c1sc(/C(C)=C/C=C(\C)N(C/C=C\C=C/C)c3ccccc3)cc1P2c1ccccc1. The second kappa shape index (κ2) is 20.3. The molecule has 4 nitrogen and oxygen atoms in total. The second-order valence-corrected chi connectivity index (χ2v) is 18.7. The summed E-state index contributed by atoms with van der Waals surface area (Å²) < 4.78 is 13.5. The number of para-hydroxylation sites is 2. The first-order chi connectivity index (χ1) is 29.3. The summed E-state index contributed by atoms with van der Waals surface area (Å²) in [7, 11) is -0.901. The zero-order valence-corrected chi connectivity index (χ0v) is 37.5. The molecule has 0 aliphatic carbocycles. The normalized spacial score (nSPS) is 16.5. The van der Waals surface area contributed by atoms with Crippen LogP contribution in [0.4, 0.5) is 11.4 Å². The number of hydrogen-bond donors (Lipinski definition) is 0. The lowest BCUT2D eigenvalue weighted by Gasteiger charge is -2.35. The number of anilines is 2. The first-order valence-corrected chi connectivity index (χ1v) is 23.4. The molecular weight excluding hydrogens is 792 g/mol. The Hall–Kier alpha value is -5.33. The quantitative estimate of drug-likeness (QED) is 0.0730. The smallest absolute Gasteiger partial charge is 0.242 e. The fraction of sp³-hybridized carbons (Fsp3) is 0.170. The number of fused-ring (bicyclic) bond motifs is 4. The van der Waals surface area contributed by atoms with Gasteiger partial charge < -0.3 is 19.3 Å². The Labute approximate surface area is 366 Å². The number of ether oxygens (including phenoxy) is 2. The lowest BCUT2D eigenvalue weighted by Crippen LogP contribution is -2.41. The van der Waals surface area contributed by atoms with Gasteiger partial charge in [-0.2, -0.15) is 0 Å². The number of allylic oxidation sites excluding steroid dienone is 13. The Kier molecular flexibility index (Phi) is 14.5. The van der Waals surface area contributed by atoms with Crippen LogP contribution in [0, 0.1) is 0 Å². The predicted octanol–water partition coefficient (Wildman–Crippen LogP) is 12.8. The summed E-state index contributed by atoms with van der Waals surface area (Å²) in [5.74, 6) is -0.948. The third-order valence-corrected chi connectivity index (χ3v) is 15.8. The molecule has 0 saturated carbocycles. The first kappa shape index (κ1) is 42.8. The van der Waals surface area contributed by atoms with Gasteiger partial charge in [0.1, 0.15) is 0 Å². The fourth-order valence-corrected chi connectivity index (χ4v) is 13.1. The summed E-state index contributed by atoms with van der Waals surface area (Å²) >= 11 is 3.54. The van der Waals surface area contributed by atoms with Crippen LogP contribution in [0.2, 0.25) is 0 Å². The van der Waals surface area contributed by atoms with Gasteiger partial charge in [0.2, 0.25) is 5.79 Å². The van der Waals surface area contributed by atoms with E-state index in [0.717, 1.165) is 43.8 Å². The molecule has 0 amide bonds. The maximum atomic E-state index is 6.75. The zero-order chi connectivity index (χ0) is 41.9. The molecule has 5 aromatic rings. The van der Waals surface area contributed by atoms with Crippen LogP contribution in [0.15, 0.2) is 201 Å². The minimum atomic E-state index is -0.948. The van der Waals surface area contributed by atoms with E-state index < -0.39 is 13.7 Å². The van der Waals surface area contributed by atoms with Gasteiger partial charge in [-0.1, -0.05) is 141 Å². The number of nitrogens with zero attached hydrogens (tertiary/aromatic N) is 2. The summed E-state index contributed by atoms with van der Waals surface area (Å²) in [6, 6.07) is 36.6. The fourth-order valence-electron chi connectivity index (χ4n) is 7.24. The Bertz CT molecular complexity index is 2480. The van der Waals surface area contributed by atoms with E-state index in [0.29, 0.717) is 19.8 Å². The van der Waals surface area contributed by atoms with Crippen LogP contribution in [0.3, 0.4) is 0 Å². The van der Waals surface area contributed by atoms with Crippen LogP contribution in [-0.4, -0.2) is 26.3 Å². The number of thiophene rings is 2. The van der Waals surface area contributed by atoms with Gasteiger partial charge in [-0.3, -0.25) is 0 Å². The van der Waals surface area contributed by atoms with Gasteiger partial charge in [0.25, 0.3) is 0 Å². The number of hydrogen-bond acceptors (Lipinski definition) is 6. The molecule has 1 unspecified atom stereocenters. The van der Waals surface area contributed by atoms with Crippen molar-refractivity contribution in [3.63, 3.8) is 0 Å². The van der Waals surface area contributed by atoms with E-state index in [1.54, 1.807) is 22.7 Å². The van der Waals surface area contributed by atoms with Gasteiger partial charge >= 0.3 is 0 Å². The van der Waals surface area contributed by atoms with E-state index in [4.69, 9.17) is 9.47 Å². The maximum absolute atomic E-state index is 6.75. The number of rotatable bonds is 16. The average Bonchev–Trinajstić information content (AvgIpc) is 4.06. The van der Waals surface area contributed by atoms with Crippen molar-refractivity contribution in [1.82, 2.24) is 0 Å². The molecule has 2 aliphatic heterocycles. The predicted molar refractivity (Wildman–Crippen MR) is 264 cm³/mol. The van der Waals surface area contributed by atoms with Gasteiger partial charge in [-0.25, -0.2) is 0 Å². The van der Waals surface area contributed by atoms with Crippen LogP contribution < -0.4 is 25.7 Å². The summed E-state index contributed by atoms with van der Waals surface area (Å²) in [6.45, 7) is 20.1. The highest BCUT2D eigenvalue weighted by atomic mass is 32.1. The average molecular weight is 845 g/mol. The summed E-state index contributed by atoms with van der Waals surface area (Å²) in [5, 5.41) is 3.87. The molecule has 1 spiro atoms. The van der Waals surface area contributed by atoms with E-state index in [1.807, 2.05) is 38.1 Å². The monoisotopic (exact) mass is 844 g/mol. The summed E-state index contributed by atoms with van der Waals surface area (Å²) in [5.41, 5.74) is 6.43. The molecule has 4 heterocycles. The Morgan fingerprint density at radius 1 is 0.667 bits per heavy atom. The van der Waals surface area contributed by atoms with Crippen molar-refractivity contribution in [3.05, 3.63) is 220 Å². The largest absolute Gasteiger partial charge is 0.342 e. The highest BCUT2D eigenvalue weighted by molar-refractivity contribution is 7.80. The van der Waals surface area contributed by atoms with Crippen LogP contribution in [-0.2, 0) is 15.3 Å². The van der Waals surface area contributed by atoms with Crippen LogP contribution >= 0.6 is 30.6 Å². The molecule has 1 saturated heterocycles. The molecule has 1 fully saturated rings. The maximum Gasteiger partial charge on any atom is 0.242 e. The number of benzene rings is 3. The third kappa shape index (κ3) is 9.50. The Morgan fingerprint density at radius 2 is 1.18 bits per heavy atom. The van der Waals surface area contributed by atoms with Crippen molar-refractivity contribution in [2.24, 2.45) is 0 Å². The minimum absolute atomic E-state index is 0.537. The van der Waals surface area contributed by atoms with Crippen molar-refractivity contribution < 1.29 is 9.47 Å². The van der Waals surface area contributed by atoms with E-state index >= 15 is 0 Å². The minimum Gasteiger partial charge on any atom is -0.342 e. The topological polar surface area (TPSA) is 24.9 Å². The zero-order valence-electron chi connectivity index (χ0n) is 35.0. The van der Waals surface area contributed by atoms with Crippen molar-refractivity contribution in [2.45, 2.75) is 33.5 Å². The van der Waals surface area contributed by atoms with Crippen molar-refractivity contribution in [3.8, 4) is 0 Å². The summed E-state index contributed by atoms with van der Waals surface area (Å²) in [6.07, 6.45) is 25.4. The molecule has 0 N–H and O–H groups in total. The molecule has 1 atom stereocenters. The van der Waals surface area contributed by atoms with Gasteiger partial charge in [-0.05, 0) is 101 Å². The first-order valence-electron chi connectivity index (χ1n) is 20.4. The van der Waals surface area contributed by atoms with E-state index in [1.165, 1.54) is 32.1 Å². The highest BCUT2D eigenvalue weighted by Crippen LogP contribution is 2.55. The molecule has 2 aliphatic rings. The molecule has 7 heteroatoms.